The Hall–Kier alpha value is -1.66. The minimum absolute atomic E-state index is 0.0277. The molecular formula is C19H23BrN4O. The van der Waals surface area contributed by atoms with Gasteiger partial charge in [-0.1, -0.05) is 28.1 Å². The van der Waals surface area contributed by atoms with Crippen LogP contribution in [0.3, 0.4) is 0 Å². The molecule has 2 aliphatic rings. The summed E-state index contributed by atoms with van der Waals surface area (Å²) < 4.78 is 2.79. The lowest BCUT2D eigenvalue weighted by atomic mass is 10.0. The van der Waals surface area contributed by atoms with Gasteiger partial charge in [0.05, 0.1) is 17.9 Å². The molecule has 2 saturated heterocycles. The van der Waals surface area contributed by atoms with E-state index >= 15 is 0 Å². The highest BCUT2D eigenvalue weighted by Gasteiger charge is 2.24. The molecule has 0 amide bonds. The Morgan fingerprint density at radius 1 is 1.12 bits per heavy atom. The number of rotatable bonds is 4. The largest absolute Gasteiger partial charge is 0.370 e. The lowest BCUT2D eigenvalue weighted by Gasteiger charge is -2.34. The van der Waals surface area contributed by atoms with Gasteiger partial charge in [0, 0.05) is 36.7 Å². The maximum absolute atomic E-state index is 12.5. The van der Waals surface area contributed by atoms with E-state index in [2.05, 4.69) is 55.1 Å². The number of likely N-dealkylation sites (tertiary alicyclic amines) is 1. The second-order valence-corrected chi connectivity index (χ2v) is 7.91. The number of nitrogens with zero attached hydrogens (tertiary/aromatic N) is 4. The lowest BCUT2D eigenvalue weighted by Crippen LogP contribution is -2.41. The molecule has 2 aliphatic heterocycles. The molecule has 0 radical (unpaired) electrons. The normalized spacial score (nSPS) is 21.2. The Balaban J connectivity index is 1.45. The summed E-state index contributed by atoms with van der Waals surface area (Å²) in [5.74, 6) is 0. The summed E-state index contributed by atoms with van der Waals surface area (Å²) in [5, 5.41) is 4.49. The van der Waals surface area contributed by atoms with Crippen LogP contribution in [0.25, 0.3) is 0 Å². The first-order valence-corrected chi connectivity index (χ1v) is 9.79. The van der Waals surface area contributed by atoms with E-state index in [0.717, 1.165) is 55.7 Å². The minimum Gasteiger partial charge on any atom is -0.370 e. The zero-order valence-electron chi connectivity index (χ0n) is 14.3. The van der Waals surface area contributed by atoms with Crippen LogP contribution in [0.1, 0.15) is 30.9 Å². The smallest absolute Gasteiger partial charge is 0.269 e. The van der Waals surface area contributed by atoms with E-state index in [4.69, 9.17) is 0 Å². The molecule has 132 valence electrons. The van der Waals surface area contributed by atoms with Crippen LogP contribution < -0.4 is 10.5 Å². The van der Waals surface area contributed by atoms with Gasteiger partial charge < -0.3 is 4.90 Å². The second kappa shape index (κ2) is 7.30. The average Bonchev–Trinajstić information content (AvgIpc) is 2.56. The Bertz CT molecular complexity index is 785. The summed E-state index contributed by atoms with van der Waals surface area (Å²) in [6.45, 7) is 4.95. The van der Waals surface area contributed by atoms with Crippen molar-refractivity contribution in [2.45, 2.75) is 31.8 Å². The van der Waals surface area contributed by atoms with Crippen molar-refractivity contribution >= 4 is 21.6 Å². The Morgan fingerprint density at radius 2 is 1.92 bits per heavy atom. The SMILES string of the molecule is O=c1cc(N2CCC2)cnn1[C@H]1CCCN(Cc2ccc(Br)cc2)C1. The molecule has 6 heteroatoms. The van der Waals surface area contributed by atoms with Crippen molar-refractivity contribution in [3.05, 3.63) is 56.9 Å². The van der Waals surface area contributed by atoms with E-state index in [1.807, 2.05) is 6.20 Å². The van der Waals surface area contributed by atoms with Crippen molar-refractivity contribution in [3.8, 4) is 0 Å². The molecule has 1 aromatic carbocycles. The molecule has 0 saturated carbocycles. The van der Waals surface area contributed by atoms with Gasteiger partial charge in [-0.05, 0) is 43.5 Å². The molecule has 0 N–H and O–H groups in total. The van der Waals surface area contributed by atoms with Gasteiger partial charge in [0.25, 0.3) is 5.56 Å². The van der Waals surface area contributed by atoms with Crippen molar-refractivity contribution in [2.75, 3.05) is 31.1 Å². The van der Waals surface area contributed by atoms with E-state index in [0.29, 0.717) is 0 Å². The molecule has 25 heavy (non-hydrogen) atoms. The number of piperidine rings is 1. The summed E-state index contributed by atoms with van der Waals surface area (Å²) in [6.07, 6.45) is 5.18. The van der Waals surface area contributed by atoms with Gasteiger partial charge in [-0.25, -0.2) is 4.68 Å². The van der Waals surface area contributed by atoms with Crippen LogP contribution in [0.4, 0.5) is 5.69 Å². The van der Waals surface area contributed by atoms with E-state index in [1.54, 1.807) is 10.7 Å². The summed E-state index contributed by atoms with van der Waals surface area (Å²) in [7, 11) is 0. The maximum Gasteiger partial charge on any atom is 0.269 e. The Morgan fingerprint density at radius 3 is 2.60 bits per heavy atom. The minimum atomic E-state index is 0.0277. The number of benzene rings is 1. The van der Waals surface area contributed by atoms with Crippen LogP contribution in [0.15, 0.2) is 45.8 Å². The quantitative estimate of drug-likeness (QED) is 0.787. The summed E-state index contributed by atoms with van der Waals surface area (Å²) >= 11 is 3.48. The first kappa shape index (κ1) is 16.8. The molecule has 3 heterocycles. The fraction of sp³-hybridized carbons (Fsp3) is 0.474. The molecule has 2 aromatic rings. The maximum atomic E-state index is 12.5. The number of halogens is 1. The van der Waals surface area contributed by atoms with Crippen LogP contribution >= 0.6 is 15.9 Å². The van der Waals surface area contributed by atoms with Crippen LogP contribution in [0, 0.1) is 0 Å². The highest BCUT2D eigenvalue weighted by atomic mass is 79.9. The molecule has 5 nitrogen and oxygen atoms in total. The molecule has 0 bridgehead atoms. The number of hydrogen-bond acceptors (Lipinski definition) is 4. The number of aromatic nitrogens is 2. The molecule has 0 spiro atoms. The highest BCUT2D eigenvalue weighted by Crippen LogP contribution is 2.23. The van der Waals surface area contributed by atoms with Gasteiger partial charge in [0.2, 0.25) is 0 Å². The van der Waals surface area contributed by atoms with Crippen LogP contribution in [0.2, 0.25) is 0 Å². The average molecular weight is 403 g/mol. The van der Waals surface area contributed by atoms with Gasteiger partial charge in [0.15, 0.2) is 0 Å². The second-order valence-electron chi connectivity index (χ2n) is 6.99. The molecule has 0 unspecified atom stereocenters. The molecule has 0 aliphatic carbocycles. The van der Waals surface area contributed by atoms with Crippen molar-refractivity contribution in [1.82, 2.24) is 14.7 Å². The van der Waals surface area contributed by atoms with E-state index < -0.39 is 0 Å². The summed E-state index contributed by atoms with van der Waals surface area (Å²) in [5.41, 5.74) is 2.30. The van der Waals surface area contributed by atoms with Crippen molar-refractivity contribution < 1.29 is 0 Å². The van der Waals surface area contributed by atoms with Gasteiger partial charge in [-0.2, -0.15) is 5.10 Å². The Labute approximate surface area is 156 Å². The number of hydrogen-bond donors (Lipinski definition) is 0. The molecule has 2 fully saturated rings. The lowest BCUT2D eigenvalue weighted by molar-refractivity contribution is 0.160. The zero-order chi connectivity index (χ0) is 17.2. The standard InChI is InChI=1S/C19H23BrN4O/c20-16-6-4-15(5-7-16)13-22-8-1-3-17(14-22)24-19(25)11-18(12-21-24)23-9-2-10-23/h4-7,11-12,17H,1-3,8-10,13-14H2/t17-/m0/s1. The fourth-order valence-corrected chi connectivity index (χ4v) is 3.92. The predicted octanol–water partition coefficient (Wildman–Crippen LogP) is 3.05. The molecule has 4 rings (SSSR count). The van der Waals surface area contributed by atoms with Gasteiger partial charge in [-0.15, -0.1) is 0 Å². The Kier molecular flexibility index (Phi) is 4.90. The highest BCUT2D eigenvalue weighted by molar-refractivity contribution is 9.10. The number of anilines is 1. The van der Waals surface area contributed by atoms with Crippen LogP contribution in [-0.2, 0) is 6.54 Å². The first-order valence-electron chi connectivity index (χ1n) is 9.00. The third-order valence-electron chi connectivity index (χ3n) is 5.18. The fourth-order valence-electron chi connectivity index (χ4n) is 3.65. The van der Waals surface area contributed by atoms with Crippen molar-refractivity contribution in [3.63, 3.8) is 0 Å². The third-order valence-corrected chi connectivity index (χ3v) is 5.71. The van der Waals surface area contributed by atoms with Gasteiger partial charge in [-0.3, -0.25) is 9.69 Å². The topological polar surface area (TPSA) is 41.4 Å². The van der Waals surface area contributed by atoms with Crippen molar-refractivity contribution in [2.24, 2.45) is 0 Å². The van der Waals surface area contributed by atoms with Crippen LogP contribution in [-0.4, -0.2) is 40.9 Å². The predicted molar refractivity (Wildman–Crippen MR) is 103 cm³/mol. The van der Waals surface area contributed by atoms with E-state index in [1.165, 1.54) is 12.0 Å². The van der Waals surface area contributed by atoms with Crippen molar-refractivity contribution in [1.29, 1.82) is 0 Å². The first-order chi connectivity index (χ1) is 12.2. The molecule has 1 atom stereocenters. The van der Waals surface area contributed by atoms with Crippen LogP contribution in [0.5, 0.6) is 0 Å². The zero-order valence-corrected chi connectivity index (χ0v) is 15.9. The summed E-state index contributed by atoms with van der Waals surface area (Å²) in [4.78, 5) is 17.2. The molecular weight excluding hydrogens is 380 g/mol. The van der Waals surface area contributed by atoms with Gasteiger partial charge >= 0.3 is 0 Å². The third kappa shape index (κ3) is 3.80. The van der Waals surface area contributed by atoms with Gasteiger partial charge in [0.1, 0.15) is 0 Å². The van der Waals surface area contributed by atoms with E-state index in [-0.39, 0.29) is 11.6 Å². The monoisotopic (exact) mass is 402 g/mol. The van der Waals surface area contributed by atoms with E-state index in [9.17, 15) is 4.79 Å². The molecule has 1 aromatic heterocycles. The summed E-state index contributed by atoms with van der Waals surface area (Å²) in [6, 6.07) is 10.4.